The molecule has 1 aromatic carbocycles. The van der Waals surface area contributed by atoms with Crippen LogP contribution in [-0.2, 0) is 4.79 Å². The van der Waals surface area contributed by atoms with Gasteiger partial charge in [-0.25, -0.2) is 0 Å². The lowest BCUT2D eigenvalue weighted by molar-refractivity contribution is -0.119. The Hall–Kier alpha value is -3.54. The highest BCUT2D eigenvalue weighted by atomic mass is 16.5. The average Bonchev–Trinajstić information content (AvgIpc) is 3.25. The molecule has 1 aliphatic rings. The fourth-order valence-electron chi connectivity index (χ4n) is 4.88. The largest absolute Gasteiger partial charge is 0.361 e. The van der Waals surface area contributed by atoms with E-state index in [-0.39, 0.29) is 17.7 Å². The van der Waals surface area contributed by atoms with Crippen LogP contribution in [0.5, 0.6) is 0 Å². The second-order valence-corrected chi connectivity index (χ2v) is 8.13. The van der Waals surface area contributed by atoms with Crippen molar-refractivity contribution in [2.75, 3.05) is 11.9 Å². The van der Waals surface area contributed by atoms with Crippen LogP contribution in [0.2, 0.25) is 0 Å². The number of benzene rings is 1. The van der Waals surface area contributed by atoms with Crippen LogP contribution in [0.25, 0.3) is 22.0 Å². The van der Waals surface area contributed by atoms with Crippen LogP contribution in [0.3, 0.4) is 0 Å². The molecule has 0 bridgehead atoms. The van der Waals surface area contributed by atoms with Gasteiger partial charge in [-0.3, -0.25) is 14.8 Å². The van der Waals surface area contributed by atoms with E-state index in [2.05, 4.69) is 35.3 Å². The van der Waals surface area contributed by atoms with Gasteiger partial charge in [-0.05, 0) is 49.6 Å². The number of aryl methyl sites for hydroxylation is 2. The van der Waals surface area contributed by atoms with Gasteiger partial charge in [0.1, 0.15) is 5.76 Å². The zero-order chi connectivity index (χ0) is 21.7. The van der Waals surface area contributed by atoms with Crippen molar-refractivity contribution in [1.29, 1.82) is 0 Å². The average molecular weight is 412 g/mol. The Bertz CT molecular complexity index is 1280. The molecule has 1 aliphatic heterocycles. The molecule has 2 atom stereocenters. The molecule has 1 unspecified atom stereocenters. The number of likely N-dealkylation sites (N-methyl/N-ethyl adjacent to an activating group) is 1. The van der Waals surface area contributed by atoms with Crippen molar-refractivity contribution in [3.05, 3.63) is 71.5 Å². The van der Waals surface area contributed by atoms with Crippen molar-refractivity contribution in [1.82, 2.24) is 15.1 Å². The molecule has 0 saturated heterocycles. The topological polar surface area (TPSA) is 72.1 Å². The van der Waals surface area contributed by atoms with Gasteiger partial charge >= 0.3 is 0 Å². The number of pyridine rings is 2. The molecule has 0 fully saturated rings. The quantitative estimate of drug-likeness (QED) is 0.463. The first kappa shape index (κ1) is 19.4. The normalized spacial score (nSPS) is 16.7. The van der Waals surface area contributed by atoms with E-state index in [0.717, 1.165) is 56.8 Å². The van der Waals surface area contributed by atoms with Gasteiger partial charge in [0.25, 0.3) is 0 Å². The smallest absolute Gasteiger partial charge is 0.235 e. The number of nitrogens with zero attached hydrogens (tertiary/aromatic N) is 4. The first-order valence-corrected chi connectivity index (χ1v) is 10.6. The fraction of sp³-hybridized carbons (Fsp3) is 0.280. The Balaban J connectivity index is 1.70. The molecule has 0 radical (unpaired) electrons. The summed E-state index contributed by atoms with van der Waals surface area (Å²) in [5.41, 5.74) is 6.59. The minimum atomic E-state index is -0.282. The summed E-state index contributed by atoms with van der Waals surface area (Å²) in [4.78, 5) is 24.4. The van der Waals surface area contributed by atoms with Crippen LogP contribution in [0.15, 0.2) is 53.3 Å². The van der Waals surface area contributed by atoms with E-state index in [0.29, 0.717) is 0 Å². The third-order valence-corrected chi connectivity index (χ3v) is 6.39. The van der Waals surface area contributed by atoms with E-state index in [1.54, 1.807) is 11.1 Å². The molecule has 6 nitrogen and oxygen atoms in total. The molecule has 0 N–H and O–H groups in total. The van der Waals surface area contributed by atoms with E-state index >= 15 is 0 Å². The number of aromatic nitrogens is 3. The number of carbonyl (C=O) groups is 1. The maximum Gasteiger partial charge on any atom is 0.235 e. The van der Waals surface area contributed by atoms with Gasteiger partial charge in [0.2, 0.25) is 5.91 Å². The van der Waals surface area contributed by atoms with E-state index in [4.69, 9.17) is 9.51 Å². The predicted octanol–water partition coefficient (Wildman–Crippen LogP) is 5.16. The third-order valence-electron chi connectivity index (χ3n) is 6.39. The first-order valence-electron chi connectivity index (χ1n) is 10.6. The van der Waals surface area contributed by atoms with Gasteiger partial charge in [-0.1, -0.05) is 30.3 Å². The van der Waals surface area contributed by atoms with Gasteiger partial charge in [0, 0.05) is 35.8 Å². The van der Waals surface area contributed by atoms with Crippen molar-refractivity contribution in [3.8, 4) is 11.1 Å². The number of amides is 1. The second-order valence-electron chi connectivity index (χ2n) is 8.13. The molecule has 0 aliphatic carbocycles. The summed E-state index contributed by atoms with van der Waals surface area (Å²) >= 11 is 0. The second kappa shape index (κ2) is 7.30. The molecule has 156 valence electrons. The number of carbonyl (C=O) groups excluding carboxylic acids is 1. The number of fused-ring (bicyclic) bond motifs is 3. The van der Waals surface area contributed by atoms with Gasteiger partial charge in [-0.2, -0.15) is 0 Å². The van der Waals surface area contributed by atoms with Gasteiger partial charge in [0.05, 0.1) is 29.0 Å². The van der Waals surface area contributed by atoms with Crippen molar-refractivity contribution in [2.45, 2.75) is 39.0 Å². The Morgan fingerprint density at radius 1 is 1.16 bits per heavy atom. The van der Waals surface area contributed by atoms with Crippen molar-refractivity contribution in [2.24, 2.45) is 0 Å². The Morgan fingerprint density at radius 3 is 2.68 bits per heavy atom. The lowest BCUT2D eigenvalue weighted by Gasteiger charge is -2.22. The zero-order valence-electron chi connectivity index (χ0n) is 18.1. The molecular formula is C25H24N4O2. The van der Waals surface area contributed by atoms with Gasteiger partial charge in [0.15, 0.2) is 0 Å². The summed E-state index contributed by atoms with van der Waals surface area (Å²) in [7, 11) is 1.83. The van der Waals surface area contributed by atoms with Gasteiger partial charge in [-0.15, -0.1) is 0 Å². The monoisotopic (exact) mass is 412 g/mol. The van der Waals surface area contributed by atoms with Gasteiger partial charge < -0.3 is 9.42 Å². The zero-order valence-corrected chi connectivity index (χ0v) is 18.1. The maximum absolute atomic E-state index is 13.4. The molecule has 4 heterocycles. The van der Waals surface area contributed by atoms with E-state index in [1.165, 1.54) is 0 Å². The van der Waals surface area contributed by atoms with Crippen LogP contribution in [0, 0.1) is 13.8 Å². The van der Waals surface area contributed by atoms with Crippen LogP contribution in [-0.4, -0.2) is 28.1 Å². The number of hydrogen-bond acceptors (Lipinski definition) is 5. The van der Waals surface area contributed by atoms with E-state index in [9.17, 15) is 4.79 Å². The molecule has 6 heteroatoms. The van der Waals surface area contributed by atoms with Crippen molar-refractivity contribution < 1.29 is 9.32 Å². The number of hydrogen-bond donors (Lipinski definition) is 0. The minimum absolute atomic E-state index is 0.00485. The SMILES string of the molecule is CC[C@H](c1ccccn1)C1C(=O)N(C)c2cnc3cc(-c4c(C)noc4C)ccc3c21. The highest BCUT2D eigenvalue weighted by molar-refractivity contribution is 6.10. The van der Waals surface area contributed by atoms with E-state index in [1.807, 2.05) is 45.3 Å². The molecule has 1 amide bonds. The molecule has 5 rings (SSSR count). The molecule has 4 aromatic rings. The summed E-state index contributed by atoms with van der Waals surface area (Å²) in [6, 6.07) is 12.1. The lowest BCUT2D eigenvalue weighted by atomic mass is 9.81. The maximum atomic E-state index is 13.4. The Morgan fingerprint density at radius 2 is 2.00 bits per heavy atom. The molecule has 31 heavy (non-hydrogen) atoms. The number of anilines is 1. The summed E-state index contributed by atoms with van der Waals surface area (Å²) in [6.45, 7) is 5.97. The third kappa shape index (κ3) is 2.93. The summed E-state index contributed by atoms with van der Waals surface area (Å²) in [6.07, 6.45) is 4.43. The summed E-state index contributed by atoms with van der Waals surface area (Å²) in [5, 5.41) is 5.08. The predicted molar refractivity (Wildman–Crippen MR) is 120 cm³/mol. The van der Waals surface area contributed by atoms with Crippen LogP contribution < -0.4 is 4.90 Å². The van der Waals surface area contributed by atoms with E-state index < -0.39 is 0 Å². The Kier molecular flexibility index (Phi) is 4.58. The van der Waals surface area contributed by atoms with Crippen molar-refractivity contribution >= 4 is 22.5 Å². The highest BCUT2D eigenvalue weighted by Gasteiger charge is 2.42. The lowest BCUT2D eigenvalue weighted by Crippen LogP contribution is -2.27. The van der Waals surface area contributed by atoms with Crippen LogP contribution >= 0.6 is 0 Å². The summed E-state index contributed by atoms with van der Waals surface area (Å²) in [5.74, 6) is 0.601. The Labute approximate surface area is 180 Å². The first-order chi connectivity index (χ1) is 15.0. The minimum Gasteiger partial charge on any atom is -0.361 e. The standard InChI is InChI=1S/C25H24N4O2/c1-5-17(19-8-6-7-11-26-19)24-23-18-10-9-16(22-14(2)28-31-15(22)3)12-20(18)27-13-21(23)29(4)25(24)30/h6-13,17,24H,5H2,1-4H3/t17-,24?/m1/s1. The van der Waals surface area contributed by atoms with Crippen LogP contribution in [0.4, 0.5) is 5.69 Å². The van der Waals surface area contributed by atoms with Crippen LogP contribution in [0.1, 0.15) is 47.9 Å². The summed E-state index contributed by atoms with van der Waals surface area (Å²) < 4.78 is 5.35. The number of rotatable bonds is 4. The highest BCUT2D eigenvalue weighted by Crippen LogP contribution is 2.48. The van der Waals surface area contributed by atoms with Crippen molar-refractivity contribution in [3.63, 3.8) is 0 Å². The molecule has 0 spiro atoms. The molecular weight excluding hydrogens is 388 g/mol. The fourth-order valence-corrected chi connectivity index (χ4v) is 4.88. The molecule has 0 saturated carbocycles. The molecule has 3 aromatic heterocycles.